The average Bonchev–Trinajstić information content (AvgIpc) is 3.42. The van der Waals surface area contributed by atoms with Crippen molar-refractivity contribution in [2.75, 3.05) is 6.54 Å². The number of rotatable bonds is 5. The molecule has 0 aliphatic carbocycles. The molecule has 14 heteroatoms. The molecule has 0 saturated carbocycles. The summed E-state index contributed by atoms with van der Waals surface area (Å²) < 4.78 is 52.7. The van der Waals surface area contributed by atoms with Gasteiger partial charge in [-0.3, -0.25) is 9.80 Å². The van der Waals surface area contributed by atoms with E-state index in [0.29, 0.717) is 24.1 Å². The molecule has 2 heterocycles. The maximum absolute atomic E-state index is 13.9. The molecule has 0 radical (unpaired) electrons. The molecule has 2 aromatic carbocycles. The number of aromatic hydroxyl groups is 1. The third-order valence-corrected chi connectivity index (χ3v) is 6.77. The Bertz CT molecular complexity index is 1470. The number of likely N-dealkylation sites (tertiary alicyclic amines) is 1. The summed E-state index contributed by atoms with van der Waals surface area (Å²) in [4.78, 5) is 30.3. The molecule has 44 heavy (non-hydrogen) atoms. The van der Waals surface area contributed by atoms with Gasteiger partial charge in [-0.05, 0) is 88.6 Å². The largest absolute Gasteiger partial charge is 0.508 e. The summed E-state index contributed by atoms with van der Waals surface area (Å²) in [5.41, 5.74) is -0.864. The smallest absolute Gasteiger partial charge is 0.453 e. The van der Waals surface area contributed by atoms with Crippen LogP contribution in [-0.4, -0.2) is 71.1 Å². The lowest BCUT2D eigenvalue weighted by atomic mass is 9.89. The van der Waals surface area contributed by atoms with Gasteiger partial charge in [0.05, 0.1) is 24.3 Å². The molecular formula is C30H37F3N6O5. The summed E-state index contributed by atoms with van der Waals surface area (Å²) in [6, 6.07) is 11.6. The number of amides is 2. The fraction of sp³-hybridized carbons (Fsp3) is 0.500. The standard InChI is InChI=1S/C30H37F3N6O5/c1-28(2,3)43-26(41)37-16-10-13-22(24(37)19-11-8-7-9-12-19)38(27(42)44-29(4,5)6)18-20-17-21(14-15-23(20)40)39-25(30(31,32)33)34-35-36-39/h7-9,11-12,14-15,17,22,24,40H,10,13,16,18H2,1-6H3/t22-,24-/m0/s1. The maximum Gasteiger partial charge on any atom is 0.453 e. The Labute approximate surface area is 253 Å². The quantitative estimate of drug-likeness (QED) is 0.355. The number of carbonyl (C=O) groups is 2. The van der Waals surface area contributed by atoms with Crippen molar-refractivity contribution in [2.24, 2.45) is 0 Å². The van der Waals surface area contributed by atoms with Gasteiger partial charge in [0.25, 0.3) is 5.82 Å². The predicted octanol–water partition coefficient (Wildman–Crippen LogP) is 6.26. The van der Waals surface area contributed by atoms with Gasteiger partial charge in [0.2, 0.25) is 0 Å². The molecule has 2 amide bonds. The summed E-state index contributed by atoms with van der Waals surface area (Å²) in [5, 5.41) is 20.6. The minimum atomic E-state index is -4.83. The van der Waals surface area contributed by atoms with Crippen LogP contribution in [0.2, 0.25) is 0 Å². The Hall–Kier alpha value is -4.36. The number of tetrazole rings is 1. The van der Waals surface area contributed by atoms with Gasteiger partial charge in [-0.1, -0.05) is 30.3 Å². The first kappa shape index (κ1) is 32.6. The van der Waals surface area contributed by atoms with Crippen LogP contribution < -0.4 is 0 Å². The Morgan fingerprint density at radius 1 is 1.00 bits per heavy atom. The third-order valence-electron chi connectivity index (χ3n) is 6.77. The van der Waals surface area contributed by atoms with Crippen molar-refractivity contribution in [3.63, 3.8) is 0 Å². The van der Waals surface area contributed by atoms with Gasteiger partial charge in [0, 0.05) is 12.1 Å². The number of alkyl halides is 3. The van der Waals surface area contributed by atoms with E-state index in [2.05, 4.69) is 15.5 Å². The average molecular weight is 619 g/mol. The van der Waals surface area contributed by atoms with Crippen LogP contribution in [0.25, 0.3) is 5.69 Å². The first-order valence-electron chi connectivity index (χ1n) is 14.2. The second kappa shape index (κ2) is 12.3. The number of benzene rings is 2. The van der Waals surface area contributed by atoms with Gasteiger partial charge in [-0.15, -0.1) is 5.10 Å². The normalized spacial score (nSPS) is 17.7. The molecule has 1 aliphatic rings. The monoisotopic (exact) mass is 618 g/mol. The zero-order valence-corrected chi connectivity index (χ0v) is 25.5. The van der Waals surface area contributed by atoms with Crippen molar-refractivity contribution >= 4 is 12.2 Å². The molecule has 2 atom stereocenters. The number of hydrogen-bond acceptors (Lipinski definition) is 8. The molecule has 3 aromatic rings. The van der Waals surface area contributed by atoms with Crippen LogP contribution in [0.3, 0.4) is 0 Å². The highest BCUT2D eigenvalue weighted by Crippen LogP contribution is 2.38. The number of nitrogens with zero attached hydrogens (tertiary/aromatic N) is 6. The number of hydrogen-bond donors (Lipinski definition) is 1. The van der Waals surface area contributed by atoms with Crippen molar-refractivity contribution in [3.05, 3.63) is 65.5 Å². The summed E-state index contributed by atoms with van der Waals surface area (Å²) in [6.45, 7) is 10.5. The molecule has 4 rings (SSSR count). The van der Waals surface area contributed by atoms with E-state index in [1.165, 1.54) is 23.1 Å². The van der Waals surface area contributed by atoms with Crippen LogP contribution in [-0.2, 0) is 22.2 Å². The van der Waals surface area contributed by atoms with Gasteiger partial charge in [0.15, 0.2) is 0 Å². The van der Waals surface area contributed by atoms with Gasteiger partial charge >= 0.3 is 18.4 Å². The Morgan fingerprint density at radius 2 is 1.66 bits per heavy atom. The first-order chi connectivity index (χ1) is 20.4. The SMILES string of the molecule is CC(C)(C)OC(=O)N(Cc1cc(-n2nnnc2C(F)(F)F)ccc1O)[C@H]1CCCN(C(=O)OC(C)(C)C)[C@H]1c1ccccc1. The van der Waals surface area contributed by atoms with Gasteiger partial charge < -0.3 is 14.6 Å². The second-order valence-corrected chi connectivity index (χ2v) is 12.6. The van der Waals surface area contributed by atoms with Crippen LogP contribution >= 0.6 is 0 Å². The fourth-order valence-corrected chi connectivity index (χ4v) is 5.07. The van der Waals surface area contributed by atoms with E-state index in [1.54, 1.807) is 46.4 Å². The number of halogens is 3. The van der Waals surface area contributed by atoms with E-state index in [4.69, 9.17) is 9.47 Å². The van der Waals surface area contributed by atoms with Crippen LogP contribution in [0.4, 0.5) is 22.8 Å². The zero-order chi connectivity index (χ0) is 32.4. The molecule has 11 nitrogen and oxygen atoms in total. The van der Waals surface area contributed by atoms with Gasteiger partial charge in [0.1, 0.15) is 17.0 Å². The van der Waals surface area contributed by atoms with Crippen molar-refractivity contribution in [1.29, 1.82) is 0 Å². The predicted molar refractivity (Wildman–Crippen MR) is 153 cm³/mol. The van der Waals surface area contributed by atoms with Crippen LogP contribution in [0.5, 0.6) is 5.75 Å². The van der Waals surface area contributed by atoms with E-state index in [0.717, 1.165) is 5.56 Å². The van der Waals surface area contributed by atoms with Gasteiger partial charge in [-0.2, -0.15) is 17.9 Å². The van der Waals surface area contributed by atoms with Crippen LogP contribution in [0, 0.1) is 0 Å². The molecule has 0 spiro atoms. The highest BCUT2D eigenvalue weighted by atomic mass is 19.4. The summed E-state index contributed by atoms with van der Waals surface area (Å²) >= 11 is 0. The van der Waals surface area contributed by atoms with Crippen molar-refractivity contribution in [3.8, 4) is 11.4 Å². The zero-order valence-electron chi connectivity index (χ0n) is 25.5. The van der Waals surface area contributed by atoms with Crippen molar-refractivity contribution in [1.82, 2.24) is 30.0 Å². The number of phenols is 1. The minimum absolute atomic E-state index is 0.0714. The summed E-state index contributed by atoms with van der Waals surface area (Å²) in [7, 11) is 0. The molecule has 238 valence electrons. The first-order valence-corrected chi connectivity index (χ1v) is 14.2. The number of phenolic OH excluding ortho intramolecular Hbond substituents is 1. The Morgan fingerprint density at radius 3 is 2.27 bits per heavy atom. The minimum Gasteiger partial charge on any atom is -0.508 e. The molecule has 1 N–H and O–H groups in total. The van der Waals surface area contributed by atoms with Gasteiger partial charge in [-0.25, -0.2) is 9.59 Å². The maximum atomic E-state index is 13.9. The Balaban J connectivity index is 1.80. The second-order valence-electron chi connectivity index (χ2n) is 12.6. The molecule has 0 unspecified atom stereocenters. The third kappa shape index (κ3) is 7.77. The molecular weight excluding hydrogens is 581 g/mol. The lowest BCUT2D eigenvalue weighted by Gasteiger charge is -2.46. The molecule has 1 aromatic heterocycles. The van der Waals surface area contributed by atoms with Crippen LogP contribution in [0.1, 0.15) is 77.4 Å². The number of aromatic nitrogens is 4. The fourth-order valence-electron chi connectivity index (χ4n) is 5.07. The van der Waals surface area contributed by atoms with E-state index >= 15 is 0 Å². The number of carbonyl (C=O) groups excluding carboxylic acids is 2. The summed E-state index contributed by atoms with van der Waals surface area (Å²) in [6.07, 6.45) is -5.12. The molecule has 0 bridgehead atoms. The highest BCUT2D eigenvalue weighted by molar-refractivity contribution is 5.71. The van der Waals surface area contributed by atoms with E-state index in [1.807, 2.05) is 30.3 Å². The van der Waals surface area contributed by atoms with E-state index in [-0.39, 0.29) is 23.5 Å². The van der Waals surface area contributed by atoms with E-state index < -0.39 is 47.5 Å². The lowest BCUT2D eigenvalue weighted by Crippen LogP contribution is -2.54. The summed E-state index contributed by atoms with van der Waals surface area (Å²) in [5.74, 6) is -1.61. The van der Waals surface area contributed by atoms with Crippen LogP contribution in [0.15, 0.2) is 48.5 Å². The molecule has 1 saturated heterocycles. The Kier molecular flexibility index (Phi) is 9.12. The van der Waals surface area contributed by atoms with E-state index in [9.17, 15) is 27.9 Å². The topological polar surface area (TPSA) is 123 Å². The molecule has 1 aliphatic heterocycles. The lowest BCUT2D eigenvalue weighted by molar-refractivity contribution is -0.146. The number of piperidine rings is 1. The molecule has 1 fully saturated rings. The number of ether oxygens (including phenoxy) is 2. The van der Waals surface area contributed by atoms with Crippen molar-refractivity contribution in [2.45, 2.75) is 90.4 Å². The van der Waals surface area contributed by atoms with Crippen molar-refractivity contribution < 1.29 is 37.3 Å². The highest BCUT2D eigenvalue weighted by Gasteiger charge is 2.43.